The lowest BCUT2D eigenvalue weighted by molar-refractivity contribution is 0.0958. The molecule has 1 saturated heterocycles. The Morgan fingerprint density at radius 3 is 3.11 bits per heavy atom. The number of aliphatic hydroxyl groups is 1. The second-order valence-electron chi connectivity index (χ2n) is 4.26. The van der Waals surface area contributed by atoms with Gasteiger partial charge in [0, 0.05) is 32.7 Å². The second kappa shape index (κ2) is 5.79. The van der Waals surface area contributed by atoms with Crippen molar-refractivity contribution >= 4 is 11.6 Å². The number of rotatable bonds is 3. The summed E-state index contributed by atoms with van der Waals surface area (Å²) in [4.78, 5) is 17.7. The number of pyridine rings is 1. The van der Waals surface area contributed by atoms with Crippen molar-refractivity contribution in [2.45, 2.75) is 6.04 Å². The molecule has 2 heterocycles. The Morgan fingerprint density at radius 2 is 2.50 bits per heavy atom. The molecular formula is C12H18N4O2. The van der Waals surface area contributed by atoms with Gasteiger partial charge in [-0.3, -0.25) is 4.79 Å². The number of hydrogen-bond donors (Lipinski definition) is 3. The van der Waals surface area contributed by atoms with Crippen molar-refractivity contribution in [1.29, 1.82) is 0 Å². The quantitative estimate of drug-likeness (QED) is 0.655. The van der Waals surface area contributed by atoms with E-state index in [-0.39, 0.29) is 18.6 Å². The average Bonchev–Trinajstić information content (AvgIpc) is 2.46. The molecule has 1 atom stereocenters. The van der Waals surface area contributed by atoms with Gasteiger partial charge in [-0.2, -0.15) is 0 Å². The van der Waals surface area contributed by atoms with E-state index in [9.17, 15) is 4.79 Å². The highest BCUT2D eigenvalue weighted by molar-refractivity contribution is 5.92. The average molecular weight is 250 g/mol. The third-order valence-corrected chi connectivity index (χ3v) is 3.05. The van der Waals surface area contributed by atoms with Crippen molar-refractivity contribution in [3.8, 4) is 0 Å². The van der Waals surface area contributed by atoms with E-state index >= 15 is 0 Å². The first kappa shape index (κ1) is 12.8. The fourth-order valence-corrected chi connectivity index (χ4v) is 2.02. The monoisotopic (exact) mass is 250 g/mol. The van der Waals surface area contributed by atoms with Crippen molar-refractivity contribution in [1.82, 2.24) is 15.6 Å². The van der Waals surface area contributed by atoms with Crippen LogP contribution < -0.4 is 15.5 Å². The van der Waals surface area contributed by atoms with E-state index < -0.39 is 0 Å². The number of nitrogens with zero attached hydrogens (tertiary/aromatic N) is 2. The third kappa shape index (κ3) is 2.77. The van der Waals surface area contributed by atoms with E-state index in [2.05, 4.69) is 20.5 Å². The van der Waals surface area contributed by atoms with Gasteiger partial charge in [0.05, 0.1) is 18.5 Å². The fourth-order valence-electron chi connectivity index (χ4n) is 2.02. The van der Waals surface area contributed by atoms with Crippen LogP contribution in [0.2, 0.25) is 0 Å². The summed E-state index contributed by atoms with van der Waals surface area (Å²) in [6.07, 6.45) is 1.70. The maximum Gasteiger partial charge on any atom is 0.269 e. The van der Waals surface area contributed by atoms with Crippen LogP contribution in [0.15, 0.2) is 18.3 Å². The number of piperazine rings is 1. The molecule has 0 spiro atoms. The van der Waals surface area contributed by atoms with Gasteiger partial charge in [-0.05, 0) is 12.1 Å². The largest absolute Gasteiger partial charge is 0.395 e. The summed E-state index contributed by atoms with van der Waals surface area (Å²) in [5.41, 5.74) is 1.39. The summed E-state index contributed by atoms with van der Waals surface area (Å²) < 4.78 is 0. The van der Waals surface area contributed by atoms with Crippen LogP contribution in [0.4, 0.5) is 5.69 Å². The molecule has 6 heteroatoms. The van der Waals surface area contributed by atoms with E-state index in [0.29, 0.717) is 5.69 Å². The van der Waals surface area contributed by atoms with Crippen LogP contribution in [0.3, 0.4) is 0 Å². The van der Waals surface area contributed by atoms with Gasteiger partial charge in [-0.25, -0.2) is 4.98 Å². The Labute approximate surface area is 106 Å². The zero-order chi connectivity index (χ0) is 13.0. The van der Waals surface area contributed by atoms with Crippen molar-refractivity contribution in [2.75, 3.05) is 38.2 Å². The van der Waals surface area contributed by atoms with Crippen molar-refractivity contribution in [3.05, 3.63) is 24.0 Å². The first-order valence-corrected chi connectivity index (χ1v) is 6.02. The minimum Gasteiger partial charge on any atom is -0.395 e. The molecule has 0 radical (unpaired) electrons. The molecule has 6 nitrogen and oxygen atoms in total. The van der Waals surface area contributed by atoms with Crippen LogP contribution in [0.1, 0.15) is 10.5 Å². The number of amides is 1. The maximum atomic E-state index is 11.4. The molecule has 0 aromatic carbocycles. The molecule has 1 aromatic heterocycles. The van der Waals surface area contributed by atoms with E-state index in [0.717, 1.165) is 25.3 Å². The first-order chi connectivity index (χ1) is 8.74. The number of hydrogen-bond acceptors (Lipinski definition) is 5. The van der Waals surface area contributed by atoms with E-state index in [1.54, 1.807) is 19.3 Å². The molecule has 1 aliphatic heterocycles. The molecule has 1 unspecified atom stereocenters. The number of aliphatic hydroxyl groups excluding tert-OH is 1. The van der Waals surface area contributed by atoms with Crippen LogP contribution in [0.5, 0.6) is 0 Å². The fraction of sp³-hybridized carbons (Fsp3) is 0.500. The van der Waals surface area contributed by atoms with Gasteiger partial charge in [0.15, 0.2) is 0 Å². The van der Waals surface area contributed by atoms with Crippen LogP contribution in [-0.2, 0) is 0 Å². The third-order valence-electron chi connectivity index (χ3n) is 3.05. The Balaban J connectivity index is 2.07. The zero-order valence-electron chi connectivity index (χ0n) is 10.4. The molecule has 2 rings (SSSR count). The number of aromatic nitrogens is 1. The zero-order valence-corrected chi connectivity index (χ0v) is 10.4. The highest BCUT2D eigenvalue weighted by Gasteiger charge is 2.19. The lowest BCUT2D eigenvalue weighted by Crippen LogP contribution is -2.52. The van der Waals surface area contributed by atoms with Crippen LogP contribution >= 0.6 is 0 Å². The van der Waals surface area contributed by atoms with E-state index in [4.69, 9.17) is 5.11 Å². The predicted octanol–water partition coefficient (Wildman–Crippen LogP) is -0.788. The Morgan fingerprint density at radius 1 is 1.67 bits per heavy atom. The summed E-state index contributed by atoms with van der Waals surface area (Å²) in [6.45, 7) is 2.58. The van der Waals surface area contributed by atoms with Crippen LogP contribution in [0.25, 0.3) is 0 Å². The summed E-state index contributed by atoms with van der Waals surface area (Å²) >= 11 is 0. The predicted molar refractivity (Wildman–Crippen MR) is 68.7 cm³/mol. The maximum absolute atomic E-state index is 11.4. The molecule has 1 aromatic rings. The molecule has 18 heavy (non-hydrogen) atoms. The molecule has 0 bridgehead atoms. The second-order valence-corrected chi connectivity index (χ2v) is 4.26. The van der Waals surface area contributed by atoms with Crippen LogP contribution in [-0.4, -0.2) is 55.3 Å². The molecule has 98 valence electrons. The Kier molecular flexibility index (Phi) is 4.11. The summed E-state index contributed by atoms with van der Waals surface area (Å²) in [7, 11) is 1.58. The smallest absolute Gasteiger partial charge is 0.269 e. The van der Waals surface area contributed by atoms with Gasteiger partial charge < -0.3 is 20.6 Å². The van der Waals surface area contributed by atoms with Crippen molar-refractivity contribution in [3.63, 3.8) is 0 Å². The SMILES string of the molecule is CNC(=O)c1ccc(N2CCNC(CO)C2)cn1. The Hall–Kier alpha value is -1.66. The minimum absolute atomic E-state index is 0.0948. The standard InChI is InChI=1S/C12H18N4O2/c1-13-12(18)11-3-2-10(6-15-11)16-5-4-14-9(7-16)8-17/h2-3,6,9,14,17H,4-5,7-8H2,1H3,(H,13,18). The Bertz CT molecular complexity index is 407. The summed E-state index contributed by atoms with van der Waals surface area (Å²) in [6, 6.07) is 3.69. The van der Waals surface area contributed by atoms with E-state index in [1.807, 2.05) is 6.07 Å². The highest BCUT2D eigenvalue weighted by atomic mass is 16.3. The van der Waals surface area contributed by atoms with Gasteiger partial charge in [0.2, 0.25) is 0 Å². The van der Waals surface area contributed by atoms with Gasteiger partial charge in [0.25, 0.3) is 5.91 Å². The van der Waals surface area contributed by atoms with Gasteiger partial charge in [0.1, 0.15) is 5.69 Å². The number of anilines is 1. The van der Waals surface area contributed by atoms with Gasteiger partial charge >= 0.3 is 0 Å². The minimum atomic E-state index is -0.185. The molecule has 1 aliphatic rings. The van der Waals surface area contributed by atoms with Crippen molar-refractivity contribution < 1.29 is 9.90 Å². The number of nitrogens with one attached hydrogen (secondary N) is 2. The molecule has 1 fully saturated rings. The first-order valence-electron chi connectivity index (χ1n) is 6.02. The van der Waals surface area contributed by atoms with Crippen LogP contribution in [0, 0.1) is 0 Å². The molecule has 3 N–H and O–H groups in total. The number of carbonyl (C=O) groups is 1. The van der Waals surface area contributed by atoms with E-state index in [1.165, 1.54) is 0 Å². The van der Waals surface area contributed by atoms with Gasteiger partial charge in [-0.1, -0.05) is 0 Å². The summed E-state index contributed by atoms with van der Waals surface area (Å²) in [5.74, 6) is -0.185. The molecule has 0 saturated carbocycles. The lowest BCUT2D eigenvalue weighted by Gasteiger charge is -2.34. The molecule has 0 aliphatic carbocycles. The highest BCUT2D eigenvalue weighted by Crippen LogP contribution is 2.15. The molecule has 1 amide bonds. The normalized spacial score (nSPS) is 19.7. The van der Waals surface area contributed by atoms with Gasteiger partial charge in [-0.15, -0.1) is 0 Å². The lowest BCUT2D eigenvalue weighted by atomic mass is 10.2. The summed E-state index contributed by atoms with van der Waals surface area (Å²) in [5, 5.41) is 14.9. The number of carbonyl (C=O) groups excluding carboxylic acids is 1. The van der Waals surface area contributed by atoms with Crippen molar-refractivity contribution in [2.24, 2.45) is 0 Å². The topological polar surface area (TPSA) is 77.5 Å². The molecular weight excluding hydrogens is 232 g/mol.